The molecule has 0 aliphatic carbocycles. The zero-order valence-corrected chi connectivity index (χ0v) is 8.97. The second kappa shape index (κ2) is 4.02. The number of nitro benzene ring substituents is 1. The summed E-state index contributed by atoms with van der Waals surface area (Å²) in [6, 6.07) is 2.68. The van der Waals surface area contributed by atoms with Crippen molar-refractivity contribution in [3.8, 4) is 5.75 Å². The van der Waals surface area contributed by atoms with Crippen LogP contribution in [0.15, 0.2) is 12.1 Å². The summed E-state index contributed by atoms with van der Waals surface area (Å²) in [6.07, 6.45) is -0.905. The van der Waals surface area contributed by atoms with Gasteiger partial charge < -0.3 is 15.2 Å². The number of nitrogens with zero attached hydrogens (tertiary/aromatic N) is 1. The number of hydrogen-bond donors (Lipinski definition) is 2. The zero-order valence-electron chi connectivity index (χ0n) is 8.97. The van der Waals surface area contributed by atoms with Gasteiger partial charge in [-0.15, -0.1) is 0 Å². The largest absolute Gasteiger partial charge is 0.483 e. The molecule has 1 aliphatic rings. The molecule has 0 radical (unpaired) electrons. The van der Waals surface area contributed by atoms with Crippen molar-refractivity contribution < 1.29 is 19.6 Å². The minimum Gasteiger partial charge on any atom is -0.483 e. The molecule has 1 atom stereocenters. The minimum atomic E-state index is -0.905. The molecule has 2 rings (SSSR count). The number of fused-ring (bicyclic) bond motifs is 1. The molecule has 0 bridgehead atoms. The van der Waals surface area contributed by atoms with Gasteiger partial charge in [0.15, 0.2) is 0 Å². The first-order chi connectivity index (χ1) is 7.99. The molecular formula is C10H10N2O5. The Balaban J connectivity index is 2.52. The van der Waals surface area contributed by atoms with Crippen molar-refractivity contribution in [2.75, 3.05) is 11.9 Å². The number of ether oxygens (including phenoxy) is 1. The molecule has 90 valence electrons. The molecule has 1 amide bonds. The number of hydrogen-bond acceptors (Lipinski definition) is 5. The van der Waals surface area contributed by atoms with Crippen LogP contribution < -0.4 is 10.1 Å². The van der Waals surface area contributed by atoms with E-state index in [-0.39, 0.29) is 29.6 Å². The number of amides is 1. The lowest BCUT2D eigenvalue weighted by molar-refractivity contribution is -0.385. The summed E-state index contributed by atoms with van der Waals surface area (Å²) >= 11 is 0. The average Bonchev–Trinajstić information content (AvgIpc) is 2.59. The van der Waals surface area contributed by atoms with Crippen LogP contribution in [0.1, 0.15) is 18.6 Å². The predicted octanol–water partition coefficient (Wildman–Crippen LogP) is 0.979. The van der Waals surface area contributed by atoms with Gasteiger partial charge in [-0.2, -0.15) is 0 Å². The van der Waals surface area contributed by atoms with E-state index in [4.69, 9.17) is 4.74 Å². The van der Waals surface area contributed by atoms with E-state index in [2.05, 4.69) is 5.32 Å². The molecule has 17 heavy (non-hydrogen) atoms. The maximum Gasteiger partial charge on any atom is 0.313 e. The fraction of sp³-hybridized carbons (Fsp3) is 0.300. The summed E-state index contributed by atoms with van der Waals surface area (Å²) in [5.41, 5.74) is 0.332. The SMILES string of the molecule is CC(=O)Nc1cc2c(c([N+](=O)[O-])c1)OC[C@@H]2O. The highest BCUT2D eigenvalue weighted by Crippen LogP contribution is 2.42. The highest BCUT2D eigenvalue weighted by molar-refractivity contribution is 5.89. The summed E-state index contributed by atoms with van der Waals surface area (Å²) in [7, 11) is 0. The van der Waals surface area contributed by atoms with E-state index >= 15 is 0 Å². The molecule has 1 heterocycles. The van der Waals surface area contributed by atoms with E-state index < -0.39 is 11.0 Å². The Morgan fingerprint density at radius 2 is 2.35 bits per heavy atom. The van der Waals surface area contributed by atoms with Crippen molar-refractivity contribution in [2.45, 2.75) is 13.0 Å². The normalized spacial score (nSPS) is 17.2. The van der Waals surface area contributed by atoms with E-state index in [9.17, 15) is 20.0 Å². The molecule has 1 aromatic rings. The fourth-order valence-electron chi connectivity index (χ4n) is 1.70. The number of carbonyl (C=O) groups is 1. The van der Waals surface area contributed by atoms with Crippen LogP contribution in [-0.2, 0) is 4.79 Å². The zero-order chi connectivity index (χ0) is 12.6. The summed E-state index contributed by atoms with van der Waals surface area (Å²) in [5.74, 6) is -0.274. The van der Waals surface area contributed by atoms with Crippen LogP contribution in [-0.4, -0.2) is 22.5 Å². The number of aliphatic hydroxyl groups excluding tert-OH is 1. The van der Waals surface area contributed by atoms with E-state index in [0.717, 1.165) is 0 Å². The van der Waals surface area contributed by atoms with Gasteiger partial charge in [0.1, 0.15) is 12.7 Å². The Bertz CT molecular complexity index is 500. The summed E-state index contributed by atoms with van der Waals surface area (Å²) in [5, 5.41) is 22.9. The lowest BCUT2D eigenvalue weighted by atomic mass is 10.1. The molecule has 0 unspecified atom stereocenters. The quantitative estimate of drug-likeness (QED) is 0.590. The number of nitro groups is 1. The maximum atomic E-state index is 10.9. The van der Waals surface area contributed by atoms with Crippen molar-refractivity contribution in [2.24, 2.45) is 0 Å². The molecule has 2 N–H and O–H groups in total. The topological polar surface area (TPSA) is 102 Å². The number of anilines is 1. The first-order valence-electron chi connectivity index (χ1n) is 4.90. The standard InChI is InChI=1S/C10H10N2O5/c1-5(13)11-6-2-7-9(14)4-17-10(7)8(3-6)12(15)16/h2-3,9,14H,4H2,1H3,(H,11,13)/t9-/m0/s1. The van der Waals surface area contributed by atoms with E-state index in [1.54, 1.807) is 0 Å². The van der Waals surface area contributed by atoms with E-state index in [1.807, 2.05) is 0 Å². The second-order valence-electron chi connectivity index (χ2n) is 3.68. The Labute approximate surface area is 96.2 Å². The third kappa shape index (κ3) is 2.04. The average molecular weight is 238 g/mol. The predicted molar refractivity (Wildman–Crippen MR) is 57.9 cm³/mol. The van der Waals surface area contributed by atoms with Gasteiger partial charge in [-0.25, -0.2) is 0 Å². The van der Waals surface area contributed by atoms with Gasteiger partial charge in [0.25, 0.3) is 0 Å². The molecule has 0 saturated carbocycles. The Kier molecular flexibility index (Phi) is 2.68. The van der Waals surface area contributed by atoms with Crippen molar-refractivity contribution in [3.63, 3.8) is 0 Å². The number of rotatable bonds is 2. The first kappa shape index (κ1) is 11.3. The smallest absolute Gasteiger partial charge is 0.313 e. The van der Waals surface area contributed by atoms with E-state index in [0.29, 0.717) is 5.56 Å². The van der Waals surface area contributed by atoms with Crippen molar-refractivity contribution in [1.82, 2.24) is 0 Å². The molecule has 0 saturated heterocycles. The Hall–Kier alpha value is -2.15. The third-order valence-corrected chi connectivity index (χ3v) is 2.36. The lowest BCUT2D eigenvalue weighted by Gasteiger charge is -2.06. The van der Waals surface area contributed by atoms with Gasteiger partial charge in [0.05, 0.1) is 4.92 Å². The third-order valence-electron chi connectivity index (χ3n) is 2.36. The van der Waals surface area contributed by atoms with Gasteiger partial charge in [-0.1, -0.05) is 0 Å². The molecule has 1 aromatic carbocycles. The van der Waals surface area contributed by atoms with Crippen LogP contribution in [0.4, 0.5) is 11.4 Å². The number of nitrogens with one attached hydrogen (secondary N) is 1. The Morgan fingerprint density at radius 3 is 2.94 bits per heavy atom. The summed E-state index contributed by atoms with van der Waals surface area (Å²) in [4.78, 5) is 21.1. The molecule has 7 nitrogen and oxygen atoms in total. The fourth-order valence-corrected chi connectivity index (χ4v) is 1.70. The minimum absolute atomic E-state index is 0.0142. The van der Waals surface area contributed by atoms with Crippen molar-refractivity contribution in [1.29, 1.82) is 0 Å². The maximum absolute atomic E-state index is 10.9. The Morgan fingerprint density at radius 1 is 1.65 bits per heavy atom. The van der Waals surface area contributed by atoms with Gasteiger partial charge in [0.2, 0.25) is 11.7 Å². The number of aliphatic hydroxyl groups is 1. The lowest BCUT2D eigenvalue weighted by Crippen LogP contribution is -2.07. The summed E-state index contributed by atoms with van der Waals surface area (Å²) in [6.45, 7) is 1.28. The molecular weight excluding hydrogens is 228 g/mol. The van der Waals surface area contributed by atoms with Crippen LogP contribution in [0.25, 0.3) is 0 Å². The molecule has 0 fully saturated rings. The molecule has 0 aromatic heterocycles. The van der Waals surface area contributed by atoms with Gasteiger partial charge >= 0.3 is 5.69 Å². The van der Waals surface area contributed by atoms with Crippen molar-refractivity contribution in [3.05, 3.63) is 27.8 Å². The molecule has 1 aliphatic heterocycles. The molecule has 0 spiro atoms. The van der Waals surface area contributed by atoms with Gasteiger partial charge in [0, 0.05) is 24.2 Å². The second-order valence-corrected chi connectivity index (χ2v) is 3.68. The van der Waals surface area contributed by atoms with Crippen LogP contribution in [0, 0.1) is 10.1 Å². The monoisotopic (exact) mass is 238 g/mol. The van der Waals surface area contributed by atoms with Crippen LogP contribution in [0.5, 0.6) is 5.75 Å². The molecule has 7 heteroatoms. The van der Waals surface area contributed by atoms with Crippen LogP contribution >= 0.6 is 0 Å². The first-order valence-corrected chi connectivity index (χ1v) is 4.90. The summed E-state index contributed by atoms with van der Waals surface area (Å²) < 4.78 is 5.06. The van der Waals surface area contributed by atoms with Gasteiger partial charge in [-0.3, -0.25) is 14.9 Å². The highest BCUT2D eigenvalue weighted by Gasteiger charge is 2.31. The number of benzene rings is 1. The highest BCUT2D eigenvalue weighted by atomic mass is 16.6. The number of carbonyl (C=O) groups excluding carboxylic acids is 1. The van der Waals surface area contributed by atoms with Crippen LogP contribution in [0.3, 0.4) is 0 Å². The van der Waals surface area contributed by atoms with Crippen LogP contribution in [0.2, 0.25) is 0 Å². The van der Waals surface area contributed by atoms with E-state index in [1.165, 1.54) is 19.1 Å². The van der Waals surface area contributed by atoms with Crippen molar-refractivity contribution >= 4 is 17.3 Å². The van der Waals surface area contributed by atoms with Gasteiger partial charge in [-0.05, 0) is 6.07 Å².